The van der Waals surface area contributed by atoms with Gasteiger partial charge in [-0.2, -0.15) is 0 Å². The molecule has 12 bridgehead atoms. The first-order chi connectivity index (χ1) is 45.6. The van der Waals surface area contributed by atoms with E-state index in [1.165, 1.54) is 0 Å². The van der Waals surface area contributed by atoms with Gasteiger partial charge in [-0.1, -0.05) is 0 Å². The zero-order chi connectivity index (χ0) is 61.6. The second kappa shape index (κ2) is 19.6. The second-order valence-electron chi connectivity index (χ2n) is 23.1. The van der Waals surface area contributed by atoms with E-state index in [0.29, 0.717) is 135 Å². The van der Waals surface area contributed by atoms with E-state index >= 15 is 16.8 Å². The average Bonchev–Trinajstić information content (AvgIpc) is 1.56. The molecule has 12 heterocycles. The fourth-order valence-electron chi connectivity index (χ4n) is 13.7. The zero-order valence-corrected chi connectivity index (χ0v) is 54.7. The van der Waals surface area contributed by atoms with E-state index in [0.717, 1.165) is 44.5 Å². The first kappa shape index (κ1) is 53.3. The molecule has 93 heavy (non-hydrogen) atoms. The minimum atomic E-state index is -4.78. The summed E-state index contributed by atoms with van der Waals surface area (Å²) < 4.78 is 83.6. The topological polar surface area (TPSA) is 255 Å². The Labute approximate surface area is 537 Å². The van der Waals surface area contributed by atoms with Gasteiger partial charge in [0.2, 0.25) is 0 Å². The molecule has 0 amide bonds. The Balaban J connectivity index is 0.755. The fraction of sp³-hybridized carbons (Fsp3) is 0.0448. The molecule has 20 rings (SSSR count). The number of aromatic nitrogens is 4. The molecule has 8 aliphatic rings. The number of hydrogen-bond acceptors (Lipinski definition) is 18. The number of aliphatic imine (C=N–C) groups is 8. The fourth-order valence-corrected chi connectivity index (χ4v) is 30.4. The number of benzene rings is 8. The summed E-state index contributed by atoms with van der Waals surface area (Å²) in [6, 6.07) is 61.3. The van der Waals surface area contributed by atoms with E-state index < -0.39 is 72.3 Å². The van der Waals surface area contributed by atoms with Gasteiger partial charge in [0.25, 0.3) is 0 Å². The van der Waals surface area contributed by atoms with Crippen LogP contribution in [0.5, 0.6) is 0 Å². The molecule has 0 saturated carbocycles. The molecule has 0 fully saturated rings. The Morgan fingerprint density at radius 1 is 0.258 bits per heavy atom. The van der Waals surface area contributed by atoms with Crippen LogP contribution >= 0.6 is 0 Å². The molecule has 440 valence electrons. The van der Waals surface area contributed by atoms with Gasteiger partial charge in [0.05, 0.1) is 0 Å². The summed E-state index contributed by atoms with van der Waals surface area (Å²) in [5, 5.41) is 5.25. The van der Waals surface area contributed by atoms with Crippen molar-refractivity contribution in [1.82, 2.24) is 13.1 Å². The summed E-state index contributed by atoms with van der Waals surface area (Å²) in [6.45, 7) is 0. The maximum absolute atomic E-state index is 15.6. The van der Waals surface area contributed by atoms with Gasteiger partial charge in [-0.05, 0) is 0 Å². The van der Waals surface area contributed by atoms with Crippen molar-refractivity contribution in [2.75, 3.05) is 11.5 Å². The Bertz CT molecular complexity index is 5660. The number of hydrogen-bond donors (Lipinski definition) is 0. The van der Waals surface area contributed by atoms with Crippen LogP contribution in [0.1, 0.15) is 50.9 Å². The molecular formula is C67H38Ga2N16O6S2. The van der Waals surface area contributed by atoms with Gasteiger partial charge in [0, 0.05) is 0 Å². The van der Waals surface area contributed by atoms with Crippen molar-refractivity contribution in [3.05, 3.63) is 261 Å². The van der Waals surface area contributed by atoms with Crippen LogP contribution in [0.15, 0.2) is 254 Å². The third-order valence-electron chi connectivity index (χ3n) is 17.8. The van der Waals surface area contributed by atoms with Crippen LogP contribution in [-0.2, 0) is 26.2 Å². The first-order valence-electron chi connectivity index (χ1n) is 29.9. The predicted molar refractivity (Wildman–Crippen MR) is 357 cm³/mol. The van der Waals surface area contributed by atoms with Crippen LogP contribution in [-0.4, -0.2) is 122 Å². The van der Waals surface area contributed by atoms with Gasteiger partial charge < -0.3 is 0 Å². The maximum atomic E-state index is 15.6. The third-order valence-corrected chi connectivity index (χ3v) is 34.0. The molecule has 0 unspecified atom stereocenters. The summed E-state index contributed by atoms with van der Waals surface area (Å²) in [5.41, 5.74) is 7.29. The van der Waals surface area contributed by atoms with Gasteiger partial charge in [-0.3, -0.25) is 0 Å². The minimum absolute atomic E-state index is 0.357. The molecule has 0 saturated heterocycles. The number of nitrogens with zero attached hydrogens (tertiary/aromatic N) is 16. The van der Waals surface area contributed by atoms with Crippen molar-refractivity contribution in [3.8, 4) is 0 Å². The molecule has 8 aromatic carbocycles. The predicted octanol–water partition coefficient (Wildman–Crippen LogP) is 7.94. The van der Waals surface area contributed by atoms with E-state index in [4.69, 9.17) is 65.9 Å². The summed E-state index contributed by atoms with van der Waals surface area (Å²) in [7, 11) is -9.51. The van der Waals surface area contributed by atoms with E-state index in [1.54, 1.807) is 0 Å². The number of rotatable bonds is 8. The number of amidine groups is 8. The molecule has 4 aromatic heterocycles. The van der Waals surface area contributed by atoms with Crippen LogP contribution in [0.4, 0.5) is 23.3 Å². The van der Waals surface area contributed by atoms with Crippen LogP contribution in [0.2, 0.25) is 0 Å². The van der Waals surface area contributed by atoms with Crippen LogP contribution in [0, 0.1) is 0 Å². The second-order valence-corrected chi connectivity index (χ2v) is 36.0. The van der Waals surface area contributed by atoms with E-state index in [9.17, 15) is 0 Å². The normalized spacial score (nSPS) is 15.9. The molecule has 0 N–H and O–H groups in total. The van der Waals surface area contributed by atoms with Gasteiger partial charge in [-0.25, -0.2) is 0 Å². The summed E-state index contributed by atoms with van der Waals surface area (Å²) in [6.07, 6.45) is -0.453. The van der Waals surface area contributed by atoms with Crippen molar-refractivity contribution in [2.45, 2.75) is 6.42 Å². The molecule has 0 spiro atoms. The summed E-state index contributed by atoms with van der Waals surface area (Å²) in [4.78, 5) is 63.1. The summed E-state index contributed by atoms with van der Waals surface area (Å²) >= 11 is -9.56. The quantitative estimate of drug-likeness (QED) is 0.136. The molecule has 12 aromatic rings. The first-order valence-corrected chi connectivity index (χ1v) is 39.3. The van der Waals surface area contributed by atoms with Crippen LogP contribution in [0.25, 0.3) is 43.1 Å². The monoisotopic (exact) mass is 1360 g/mol. The van der Waals surface area contributed by atoms with Gasteiger partial charge in [0.1, 0.15) is 0 Å². The average molecular weight is 1370 g/mol. The molecule has 0 aliphatic carbocycles. The third kappa shape index (κ3) is 7.91. The Morgan fingerprint density at radius 3 is 0.699 bits per heavy atom. The molecule has 22 nitrogen and oxygen atoms in total. The standard InChI is InChI=1S/2C32H16N8.C3H8O6S2.2Ga/c2*1-2-10-18-17(9-1)25-33-26(18)38-28-21-13-5-6-14-22(21)30(35-28)40-32-24-16-8-7-15-23(24)31(36-32)39-29-20-12-4-3-11-19(20)27(34-29)37-25;4-10(5,6)2-1-3-11(7,8)9;;/h2*1-16H;1-3H2,(H,4,5,6)(H,7,8,9);;/q2*-2;;2*+3/p-2. The van der Waals surface area contributed by atoms with Crippen molar-refractivity contribution in [3.63, 3.8) is 0 Å². The summed E-state index contributed by atoms with van der Waals surface area (Å²) in [5.74, 6) is 2.86. The van der Waals surface area contributed by atoms with E-state index in [2.05, 4.69) is 0 Å². The van der Waals surface area contributed by atoms with Crippen molar-refractivity contribution in [1.29, 1.82) is 0 Å². The SMILES string of the molecule is O=S(=O)(CCCS(=O)(=O)[O][Ga]1[n]2c3c4ccccc4c2N=C2N=C(N=c4c5ccccc5c([n]41)=NC1=NC(=N3)c3ccccc31)c1ccccc12)[O][Ga]1[n]2c3c4ccccc4c2N=C2N=C(N=c4c5ccccc5c([n]41)=NC1=NC(=N3)c3ccccc31)c1ccccc12. The van der Waals surface area contributed by atoms with Gasteiger partial charge in [0.15, 0.2) is 0 Å². The zero-order valence-electron chi connectivity index (χ0n) is 48.2. The van der Waals surface area contributed by atoms with Gasteiger partial charge in [-0.15, -0.1) is 0 Å². The Hall–Kier alpha value is -10.4. The van der Waals surface area contributed by atoms with E-state index in [1.807, 2.05) is 207 Å². The van der Waals surface area contributed by atoms with Crippen molar-refractivity contribution < 1.29 is 22.8 Å². The number of fused-ring (bicyclic) bond motifs is 28. The molecule has 0 atom stereocenters. The van der Waals surface area contributed by atoms with Crippen LogP contribution in [0.3, 0.4) is 0 Å². The molecular weight excluding hydrogens is 1330 g/mol. The molecule has 8 aliphatic heterocycles. The Morgan fingerprint density at radius 2 is 0.462 bits per heavy atom. The molecule has 0 radical (unpaired) electrons. The van der Waals surface area contributed by atoms with Crippen LogP contribution < -0.4 is 22.0 Å². The molecule has 26 heteroatoms. The van der Waals surface area contributed by atoms with E-state index in [-0.39, 0.29) is 0 Å². The van der Waals surface area contributed by atoms with Gasteiger partial charge >= 0.3 is 542 Å². The van der Waals surface area contributed by atoms with Crippen molar-refractivity contribution in [2.24, 2.45) is 59.9 Å². The Kier molecular flexibility index (Phi) is 11.2. The van der Waals surface area contributed by atoms with Crippen molar-refractivity contribution >= 4 is 167 Å².